The highest BCUT2D eigenvalue weighted by atomic mass is 32.2. The summed E-state index contributed by atoms with van der Waals surface area (Å²) in [4.78, 5) is 23.0. The minimum Gasteiger partial charge on any atom is -0.480 e. The van der Waals surface area contributed by atoms with Crippen LogP contribution in [-0.2, 0) is 21.9 Å². The molecule has 0 bridgehead atoms. The number of carbonyl (C=O) groups excluding carboxylic acids is 1. The summed E-state index contributed by atoms with van der Waals surface area (Å²) in [6, 6.07) is 0.0733. The van der Waals surface area contributed by atoms with Gasteiger partial charge in [0.2, 0.25) is 10.0 Å². The van der Waals surface area contributed by atoms with Gasteiger partial charge in [0.15, 0.2) is 0 Å². The Hall–Kier alpha value is -1.87. The number of carboxylic acids is 1. The first-order valence-corrected chi connectivity index (χ1v) is 7.79. The summed E-state index contributed by atoms with van der Waals surface area (Å²) in [7, 11) is -2.44. The average Bonchev–Trinajstić information content (AvgIpc) is 2.69. The van der Waals surface area contributed by atoms with Crippen LogP contribution in [0.15, 0.2) is 17.2 Å². The van der Waals surface area contributed by atoms with Crippen LogP contribution in [-0.4, -0.2) is 36.0 Å². The second-order valence-corrected chi connectivity index (χ2v) is 6.77. The molecular formula is C12H19N3O5S. The maximum absolute atomic E-state index is 12.1. The Morgan fingerprint density at radius 3 is 2.38 bits per heavy atom. The number of primary sulfonamides is 1. The van der Waals surface area contributed by atoms with E-state index in [-0.39, 0.29) is 22.9 Å². The minimum absolute atomic E-state index is 0.0223. The number of aromatic nitrogens is 1. The SMILES string of the molecule is CC(C)C[C@@H](NC(=O)c1cc(S(N)(=O)=O)cn1C)C(=O)O. The largest absolute Gasteiger partial charge is 0.480 e. The van der Waals surface area contributed by atoms with Gasteiger partial charge in [-0.2, -0.15) is 0 Å². The van der Waals surface area contributed by atoms with Crippen LogP contribution in [0, 0.1) is 5.92 Å². The molecule has 0 fully saturated rings. The molecule has 0 saturated carbocycles. The van der Waals surface area contributed by atoms with E-state index in [4.69, 9.17) is 10.2 Å². The molecule has 1 rings (SSSR count). The molecule has 0 spiro atoms. The van der Waals surface area contributed by atoms with Crippen LogP contribution in [0.5, 0.6) is 0 Å². The molecule has 1 atom stereocenters. The minimum atomic E-state index is -3.92. The first-order chi connectivity index (χ1) is 9.52. The number of hydrogen-bond acceptors (Lipinski definition) is 4. The van der Waals surface area contributed by atoms with Gasteiger partial charge in [0.1, 0.15) is 16.6 Å². The van der Waals surface area contributed by atoms with Gasteiger partial charge in [-0.25, -0.2) is 18.4 Å². The molecule has 1 aromatic heterocycles. The van der Waals surface area contributed by atoms with Crippen molar-refractivity contribution < 1.29 is 23.1 Å². The number of sulfonamides is 1. The van der Waals surface area contributed by atoms with Crippen molar-refractivity contribution in [1.29, 1.82) is 0 Å². The standard InChI is InChI=1S/C12H19N3O5S/c1-7(2)4-9(12(17)18)14-11(16)10-5-8(6-15(10)3)21(13,19)20/h5-7,9H,4H2,1-3H3,(H,14,16)(H,17,18)(H2,13,19,20)/t9-/m1/s1. The molecule has 0 aliphatic rings. The summed E-state index contributed by atoms with van der Waals surface area (Å²) in [6.45, 7) is 3.67. The summed E-state index contributed by atoms with van der Waals surface area (Å²) in [5, 5.41) is 16.4. The van der Waals surface area contributed by atoms with Crippen molar-refractivity contribution in [2.45, 2.75) is 31.2 Å². The number of aryl methyl sites for hydroxylation is 1. The molecule has 9 heteroatoms. The molecule has 4 N–H and O–H groups in total. The second-order valence-electron chi connectivity index (χ2n) is 5.21. The Morgan fingerprint density at radius 2 is 2.00 bits per heavy atom. The van der Waals surface area contributed by atoms with Gasteiger partial charge in [-0.1, -0.05) is 13.8 Å². The average molecular weight is 317 g/mol. The summed E-state index contributed by atoms with van der Waals surface area (Å²) in [5.74, 6) is -1.72. The van der Waals surface area contributed by atoms with Crippen molar-refractivity contribution in [3.05, 3.63) is 18.0 Å². The molecular weight excluding hydrogens is 298 g/mol. The smallest absolute Gasteiger partial charge is 0.326 e. The zero-order chi connectivity index (χ0) is 16.4. The van der Waals surface area contributed by atoms with Crippen LogP contribution in [0.25, 0.3) is 0 Å². The summed E-state index contributed by atoms with van der Waals surface area (Å²) in [6.07, 6.45) is 1.47. The van der Waals surface area contributed by atoms with E-state index >= 15 is 0 Å². The van der Waals surface area contributed by atoms with Gasteiger partial charge in [0, 0.05) is 13.2 Å². The number of nitrogens with one attached hydrogen (secondary N) is 1. The van der Waals surface area contributed by atoms with Gasteiger partial charge in [-0.15, -0.1) is 0 Å². The molecule has 0 aliphatic heterocycles. The van der Waals surface area contributed by atoms with Gasteiger partial charge >= 0.3 is 5.97 Å². The maximum atomic E-state index is 12.1. The molecule has 0 radical (unpaired) electrons. The van der Waals surface area contributed by atoms with Crippen molar-refractivity contribution >= 4 is 21.9 Å². The topological polar surface area (TPSA) is 131 Å². The van der Waals surface area contributed by atoms with E-state index in [0.717, 1.165) is 6.07 Å². The van der Waals surface area contributed by atoms with Crippen molar-refractivity contribution in [2.24, 2.45) is 18.1 Å². The Balaban J connectivity index is 2.98. The van der Waals surface area contributed by atoms with Crippen molar-refractivity contribution in [3.63, 3.8) is 0 Å². The number of carboxylic acid groups (broad SMARTS) is 1. The number of hydrogen-bond donors (Lipinski definition) is 3. The highest BCUT2D eigenvalue weighted by molar-refractivity contribution is 7.89. The Bertz CT molecular complexity index is 648. The third-order valence-electron chi connectivity index (χ3n) is 2.85. The first-order valence-electron chi connectivity index (χ1n) is 6.25. The summed E-state index contributed by atoms with van der Waals surface area (Å²) in [5.41, 5.74) is 0.0223. The fraction of sp³-hybridized carbons (Fsp3) is 0.500. The fourth-order valence-corrected chi connectivity index (χ4v) is 2.42. The van der Waals surface area contributed by atoms with E-state index in [2.05, 4.69) is 5.32 Å². The van der Waals surface area contributed by atoms with Crippen molar-refractivity contribution in [2.75, 3.05) is 0 Å². The Morgan fingerprint density at radius 1 is 1.43 bits per heavy atom. The van der Waals surface area contributed by atoms with E-state index < -0.39 is 27.9 Å². The number of nitrogens with two attached hydrogens (primary N) is 1. The number of amides is 1. The quantitative estimate of drug-likeness (QED) is 0.674. The third kappa shape index (κ3) is 4.57. The molecule has 1 heterocycles. The molecule has 0 saturated heterocycles. The van der Waals surface area contributed by atoms with Gasteiger partial charge < -0.3 is 15.0 Å². The number of rotatable bonds is 6. The molecule has 8 nitrogen and oxygen atoms in total. The lowest BCUT2D eigenvalue weighted by Gasteiger charge is -2.16. The lowest BCUT2D eigenvalue weighted by Crippen LogP contribution is -2.42. The van der Waals surface area contributed by atoms with Gasteiger partial charge in [-0.05, 0) is 18.4 Å². The number of nitrogens with zero attached hydrogens (tertiary/aromatic N) is 1. The predicted octanol–water partition coefficient (Wildman–Crippen LogP) is -0.0984. The van der Waals surface area contributed by atoms with E-state index in [9.17, 15) is 18.0 Å². The van der Waals surface area contributed by atoms with Gasteiger partial charge in [0.25, 0.3) is 5.91 Å². The molecule has 118 valence electrons. The Labute approximate surface area is 123 Å². The fourth-order valence-electron chi connectivity index (χ4n) is 1.84. The lowest BCUT2D eigenvalue weighted by atomic mass is 10.0. The summed E-state index contributed by atoms with van der Waals surface area (Å²) < 4.78 is 23.8. The monoisotopic (exact) mass is 317 g/mol. The predicted molar refractivity (Wildman–Crippen MR) is 75.1 cm³/mol. The second kappa shape index (κ2) is 6.27. The highest BCUT2D eigenvalue weighted by Gasteiger charge is 2.24. The number of carbonyl (C=O) groups is 2. The normalized spacial score (nSPS) is 13.2. The first kappa shape index (κ1) is 17.2. The lowest BCUT2D eigenvalue weighted by molar-refractivity contribution is -0.139. The third-order valence-corrected chi connectivity index (χ3v) is 3.73. The van der Waals surface area contributed by atoms with Crippen LogP contribution in [0.4, 0.5) is 0 Å². The maximum Gasteiger partial charge on any atom is 0.326 e. The van der Waals surface area contributed by atoms with Crippen LogP contribution in [0.3, 0.4) is 0 Å². The molecule has 1 amide bonds. The number of aliphatic carboxylic acids is 1. The van der Waals surface area contributed by atoms with Crippen molar-refractivity contribution in [3.8, 4) is 0 Å². The molecule has 0 aliphatic carbocycles. The molecule has 21 heavy (non-hydrogen) atoms. The van der Waals surface area contributed by atoms with E-state index in [1.807, 2.05) is 13.8 Å². The summed E-state index contributed by atoms with van der Waals surface area (Å²) >= 11 is 0. The van der Waals surface area contributed by atoms with E-state index in [1.54, 1.807) is 0 Å². The van der Waals surface area contributed by atoms with Gasteiger partial charge in [0.05, 0.1) is 0 Å². The van der Waals surface area contributed by atoms with Crippen molar-refractivity contribution in [1.82, 2.24) is 9.88 Å². The van der Waals surface area contributed by atoms with E-state index in [0.29, 0.717) is 0 Å². The molecule has 1 aromatic rings. The zero-order valence-corrected chi connectivity index (χ0v) is 12.8. The van der Waals surface area contributed by atoms with Gasteiger partial charge in [-0.3, -0.25) is 4.79 Å². The Kier molecular flexibility index (Phi) is 5.13. The van der Waals surface area contributed by atoms with Crippen LogP contribution in [0.2, 0.25) is 0 Å². The van der Waals surface area contributed by atoms with Crippen LogP contribution in [0.1, 0.15) is 30.8 Å². The zero-order valence-electron chi connectivity index (χ0n) is 12.0. The highest BCUT2D eigenvalue weighted by Crippen LogP contribution is 2.13. The van der Waals surface area contributed by atoms with Crippen LogP contribution < -0.4 is 10.5 Å². The molecule has 0 aromatic carbocycles. The van der Waals surface area contributed by atoms with E-state index in [1.165, 1.54) is 17.8 Å². The van der Waals surface area contributed by atoms with Crippen LogP contribution >= 0.6 is 0 Å². The molecule has 0 unspecified atom stereocenters.